The highest BCUT2D eigenvalue weighted by Gasteiger charge is 2.10. The number of anilines is 3. The summed E-state index contributed by atoms with van der Waals surface area (Å²) in [6, 6.07) is 8.84. The normalized spacial score (nSPS) is 10.4. The summed E-state index contributed by atoms with van der Waals surface area (Å²) in [6.45, 7) is 6.29. The molecule has 0 heterocycles. The van der Waals surface area contributed by atoms with Gasteiger partial charge in [-0.2, -0.15) is 0 Å². The smallest absolute Gasteiger partial charge is 0.167 e. The highest BCUT2D eigenvalue weighted by molar-refractivity contribution is 5.75. The number of hydrogen-bond donors (Lipinski definition) is 2. The molecule has 3 nitrogen and oxygen atoms in total. The van der Waals surface area contributed by atoms with E-state index in [0.717, 1.165) is 11.3 Å². The topological polar surface area (TPSA) is 47.3 Å². The molecule has 0 amide bonds. The number of aryl methyl sites for hydroxylation is 1. The lowest BCUT2D eigenvalue weighted by Gasteiger charge is -2.15. The summed E-state index contributed by atoms with van der Waals surface area (Å²) < 4.78 is 18.9. The first-order valence-electron chi connectivity index (χ1n) is 6.58. The Morgan fingerprint density at radius 2 is 1.95 bits per heavy atom. The van der Waals surface area contributed by atoms with Gasteiger partial charge in [0, 0.05) is 17.8 Å². The van der Waals surface area contributed by atoms with Crippen molar-refractivity contribution in [3.63, 3.8) is 0 Å². The first-order chi connectivity index (χ1) is 9.52. The molecule has 0 spiro atoms. The van der Waals surface area contributed by atoms with Crippen LogP contribution in [-0.2, 0) is 0 Å². The average Bonchev–Trinajstić information content (AvgIpc) is 2.40. The summed E-state index contributed by atoms with van der Waals surface area (Å²) in [5.74, 6) is -0.245. The van der Waals surface area contributed by atoms with Gasteiger partial charge < -0.3 is 15.8 Å². The van der Waals surface area contributed by atoms with Crippen LogP contribution in [0.5, 0.6) is 5.75 Å². The maximum Gasteiger partial charge on any atom is 0.167 e. The second-order valence-corrected chi connectivity index (χ2v) is 4.68. The van der Waals surface area contributed by atoms with E-state index in [0.29, 0.717) is 18.0 Å². The van der Waals surface area contributed by atoms with Gasteiger partial charge in [0.15, 0.2) is 11.6 Å². The van der Waals surface area contributed by atoms with Gasteiger partial charge in [0.1, 0.15) is 0 Å². The highest BCUT2D eigenvalue weighted by atomic mass is 19.1. The third-order valence-corrected chi connectivity index (χ3v) is 3.28. The maximum absolute atomic E-state index is 13.7. The van der Waals surface area contributed by atoms with E-state index in [9.17, 15) is 4.39 Å². The predicted octanol–water partition coefficient (Wildman–Crippen LogP) is 4.17. The molecule has 0 fully saturated rings. The van der Waals surface area contributed by atoms with Crippen molar-refractivity contribution in [2.45, 2.75) is 20.8 Å². The number of rotatable bonds is 4. The average molecular weight is 274 g/mol. The van der Waals surface area contributed by atoms with E-state index in [1.165, 1.54) is 11.6 Å². The van der Waals surface area contributed by atoms with Gasteiger partial charge in [0.2, 0.25) is 0 Å². The summed E-state index contributed by atoms with van der Waals surface area (Å²) in [6.07, 6.45) is 0. The van der Waals surface area contributed by atoms with Crippen LogP contribution in [0, 0.1) is 19.7 Å². The van der Waals surface area contributed by atoms with Gasteiger partial charge in [0.25, 0.3) is 0 Å². The van der Waals surface area contributed by atoms with E-state index < -0.39 is 5.82 Å². The van der Waals surface area contributed by atoms with Gasteiger partial charge in [0.05, 0.1) is 18.0 Å². The molecule has 2 aromatic rings. The first-order valence-corrected chi connectivity index (χ1v) is 6.58. The summed E-state index contributed by atoms with van der Waals surface area (Å²) >= 11 is 0. The van der Waals surface area contributed by atoms with Crippen molar-refractivity contribution >= 4 is 17.1 Å². The molecule has 20 heavy (non-hydrogen) atoms. The lowest BCUT2D eigenvalue weighted by Crippen LogP contribution is -2.02. The minimum Gasteiger partial charge on any atom is -0.491 e. The monoisotopic (exact) mass is 274 g/mol. The van der Waals surface area contributed by atoms with E-state index in [-0.39, 0.29) is 5.75 Å². The van der Waals surface area contributed by atoms with Crippen LogP contribution in [0.4, 0.5) is 21.5 Å². The summed E-state index contributed by atoms with van der Waals surface area (Å²) in [7, 11) is 0. The summed E-state index contributed by atoms with van der Waals surface area (Å²) in [5.41, 5.74) is 10.1. The van der Waals surface area contributed by atoms with Crippen molar-refractivity contribution in [1.82, 2.24) is 0 Å². The van der Waals surface area contributed by atoms with Crippen molar-refractivity contribution in [3.8, 4) is 5.75 Å². The zero-order valence-electron chi connectivity index (χ0n) is 12.0. The molecule has 0 aliphatic carbocycles. The first kappa shape index (κ1) is 14.2. The second kappa shape index (κ2) is 5.82. The molecule has 0 bridgehead atoms. The third kappa shape index (κ3) is 2.85. The summed E-state index contributed by atoms with van der Waals surface area (Å²) in [4.78, 5) is 0. The quantitative estimate of drug-likeness (QED) is 0.823. The second-order valence-electron chi connectivity index (χ2n) is 4.68. The van der Waals surface area contributed by atoms with Crippen LogP contribution in [0.1, 0.15) is 18.1 Å². The lowest BCUT2D eigenvalue weighted by atomic mass is 10.1. The van der Waals surface area contributed by atoms with Gasteiger partial charge in [-0.3, -0.25) is 0 Å². The minimum absolute atomic E-state index is 0.203. The fourth-order valence-corrected chi connectivity index (χ4v) is 1.97. The largest absolute Gasteiger partial charge is 0.491 e. The van der Waals surface area contributed by atoms with Gasteiger partial charge in [-0.15, -0.1) is 0 Å². The molecule has 0 atom stereocenters. The number of ether oxygens (including phenoxy) is 1. The standard InChI is InChI=1S/C16H19FN2O/c1-4-20-16-9-15(13(18)8-12(16)17)19-14-7-5-6-10(2)11(14)3/h5-9,19H,4,18H2,1-3H3. The Bertz CT molecular complexity index is 626. The lowest BCUT2D eigenvalue weighted by molar-refractivity contribution is 0.322. The van der Waals surface area contributed by atoms with Crippen molar-refractivity contribution in [3.05, 3.63) is 47.3 Å². The molecule has 4 heteroatoms. The molecule has 0 aliphatic heterocycles. The number of hydrogen-bond acceptors (Lipinski definition) is 3. The van der Waals surface area contributed by atoms with Crippen LogP contribution in [0.3, 0.4) is 0 Å². The fourth-order valence-electron chi connectivity index (χ4n) is 1.97. The predicted molar refractivity (Wildman–Crippen MR) is 81.2 cm³/mol. The van der Waals surface area contributed by atoms with Crippen LogP contribution in [0.25, 0.3) is 0 Å². The number of nitrogen functional groups attached to an aromatic ring is 1. The van der Waals surface area contributed by atoms with Crippen molar-refractivity contribution in [1.29, 1.82) is 0 Å². The highest BCUT2D eigenvalue weighted by Crippen LogP contribution is 2.32. The molecule has 0 aromatic heterocycles. The number of benzene rings is 2. The van der Waals surface area contributed by atoms with Crippen LogP contribution in [-0.4, -0.2) is 6.61 Å². The Hall–Kier alpha value is -2.23. The number of halogens is 1. The Kier molecular flexibility index (Phi) is 4.13. The maximum atomic E-state index is 13.7. The van der Waals surface area contributed by atoms with Crippen molar-refractivity contribution < 1.29 is 9.13 Å². The molecule has 0 aliphatic rings. The zero-order chi connectivity index (χ0) is 14.7. The number of nitrogens with two attached hydrogens (primary N) is 1. The van der Waals surface area contributed by atoms with E-state index in [1.807, 2.05) is 39.0 Å². The fraction of sp³-hybridized carbons (Fsp3) is 0.250. The van der Waals surface area contributed by atoms with Crippen LogP contribution >= 0.6 is 0 Å². The van der Waals surface area contributed by atoms with E-state index in [1.54, 1.807) is 6.07 Å². The van der Waals surface area contributed by atoms with E-state index >= 15 is 0 Å². The Morgan fingerprint density at radius 1 is 1.20 bits per heavy atom. The molecule has 2 rings (SSSR count). The molecule has 0 radical (unpaired) electrons. The van der Waals surface area contributed by atoms with Crippen LogP contribution in [0.15, 0.2) is 30.3 Å². The Labute approximate surface area is 118 Å². The molecule has 0 unspecified atom stereocenters. The Morgan fingerprint density at radius 3 is 2.65 bits per heavy atom. The molecule has 3 N–H and O–H groups in total. The minimum atomic E-state index is -0.448. The van der Waals surface area contributed by atoms with Crippen molar-refractivity contribution in [2.24, 2.45) is 0 Å². The van der Waals surface area contributed by atoms with Crippen LogP contribution in [0.2, 0.25) is 0 Å². The number of nitrogens with one attached hydrogen (secondary N) is 1. The molecular weight excluding hydrogens is 255 g/mol. The van der Waals surface area contributed by atoms with E-state index in [2.05, 4.69) is 5.32 Å². The van der Waals surface area contributed by atoms with Gasteiger partial charge in [-0.1, -0.05) is 12.1 Å². The SMILES string of the molecule is CCOc1cc(Nc2cccc(C)c2C)c(N)cc1F. The van der Waals surface area contributed by atoms with Gasteiger partial charge >= 0.3 is 0 Å². The van der Waals surface area contributed by atoms with Crippen molar-refractivity contribution in [2.75, 3.05) is 17.7 Å². The van der Waals surface area contributed by atoms with Crippen LogP contribution < -0.4 is 15.8 Å². The molecule has 106 valence electrons. The zero-order valence-corrected chi connectivity index (χ0v) is 12.0. The Balaban J connectivity index is 2.38. The molecule has 0 saturated carbocycles. The van der Waals surface area contributed by atoms with E-state index in [4.69, 9.17) is 10.5 Å². The third-order valence-electron chi connectivity index (χ3n) is 3.28. The summed E-state index contributed by atoms with van der Waals surface area (Å²) in [5, 5.41) is 3.24. The molecule has 0 saturated heterocycles. The molecular formula is C16H19FN2O. The van der Waals surface area contributed by atoms with Gasteiger partial charge in [-0.05, 0) is 38.0 Å². The molecule has 2 aromatic carbocycles. The van der Waals surface area contributed by atoms with Gasteiger partial charge in [-0.25, -0.2) is 4.39 Å².